The zero-order valence-electron chi connectivity index (χ0n) is 11.9. The van der Waals surface area contributed by atoms with Crippen LogP contribution in [0.15, 0.2) is 42.7 Å². The predicted molar refractivity (Wildman–Crippen MR) is 81.3 cm³/mol. The molecule has 112 valence electrons. The number of benzene rings is 1. The number of nitrogens with zero attached hydrogens (tertiary/aromatic N) is 5. The Bertz CT molecular complexity index is 740. The third-order valence-electron chi connectivity index (χ3n) is 3.18. The van der Waals surface area contributed by atoms with Gasteiger partial charge in [0.25, 0.3) is 5.91 Å². The maximum Gasteiger partial charge on any atom is 0.265 e. The average Bonchev–Trinajstić information content (AvgIpc) is 3.19. The lowest BCUT2D eigenvalue weighted by Gasteiger charge is -2.18. The van der Waals surface area contributed by atoms with E-state index in [-0.39, 0.29) is 11.9 Å². The summed E-state index contributed by atoms with van der Waals surface area (Å²) in [6.07, 6.45) is 3.22. The highest BCUT2D eigenvalue weighted by Crippen LogP contribution is 2.17. The molecule has 0 aliphatic rings. The van der Waals surface area contributed by atoms with E-state index in [0.29, 0.717) is 17.1 Å². The Morgan fingerprint density at radius 2 is 2.00 bits per heavy atom. The van der Waals surface area contributed by atoms with Gasteiger partial charge in [0.1, 0.15) is 4.88 Å². The molecule has 0 fully saturated rings. The fourth-order valence-electron chi connectivity index (χ4n) is 2.08. The Morgan fingerprint density at radius 1 is 1.27 bits per heavy atom. The molecule has 0 bridgehead atoms. The van der Waals surface area contributed by atoms with Gasteiger partial charge in [-0.15, -0.1) is 5.10 Å². The molecule has 3 rings (SSSR count). The van der Waals surface area contributed by atoms with Crippen molar-refractivity contribution in [2.24, 2.45) is 0 Å². The van der Waals surface area contributed by atoms with Gasteiger partial charge in [-0.2, -0.15) is 15.0 Å². The molecule has 0 aliphatic carbocycles. The number of nitrogens with one attached hydrogen (secondary N) is 1. The van der Waals surface area contributed by atoms with E-state index in [4.69, 9.17) is 0 Å². The van der Waals surface area contributed by atoms with Crippen molar-refractivity contribution in [3.8, 4) is 0 Å². The second-order valence-corrected chi connectivity index (χ2v) is 5.46. The zero-order valence-corrected chi connectivity index (χ0v) is 12.7. The monoisotopic (exact) mass is 314 g/mol. The van der Waals surface area contributed by atoms with Crippen LogP contribution in [0.25, 0.3) is 0 Å². The van der Waals surface area contributed by atoms with Crippen LogP contribution >= 0.6 is 11.5 Å². The van der Waals surface area contributed by atoms with Crippen molar-refractivity contribution in [1.29, 1.82) is 0 Å². The minimum atomic E-state index is -0.234. The first-order valence-electron chi connectivity index (χ1n) is 6.73. The van der Waals surface area contributed by atoms with Crippen LogP contribution in [0.5, 0.6) is 0 Å². The largest absolute Gasteiger partial charge is 0.342 e. The van der Waals surface area contributed by atoms with Crippen LogP contribution < -0.4 is 5.32 Å². The standard InChI is InChI=1S/C14H14N6OS/c1-10-13(22-19-18-10)14(21)17-12(9-20-15-7-8-16-20)11-5-3-2-4-6-11/h2-8,12H,9H2,1H3,(H,17,21)/t12-/m0/s1. The zero-order chi connectivity index (χ0) is 15.4. The Kier molecular flexibility index (Phi) is 4.19. The molecular formula is C14H14N6OS. The lowest BCUT2D eigenvalue weighted by molar-refractivity contribution is 0.0934. The third kappa shape index (κ3) is 3.17. The van der Waals surface area contributed by atoms with Crippen molar-refractivity contribution >= 4 is 17.4 Å². The number of aromatic nitrogens is 5. The average molecular weight is 314 g/mol. The molecule has 1 N–H and O–H groups in total. The molecule has 0 aliphatic heterocycles. The van der Waals surface area contributed by atoms with Gasteiger partial charge in [0.15, 0.2) is 0 Å². The number of aryl methyl sites for hydroxylation is 1. The van der Waals surface area contributed by atoms with Crippen molar-refractivity contribution in [2.45, 2.75) is 19.5 Å². The predicted octanol–water partition coefficient (Wildman–Crippen LogP) is 1.61. The molecule has 0 radical (unpaired) electrons. The fourth-order valence-corrected chi connectivity index (χ4v) is 2.64. The first kappa shape index (κ1) is 14.3. The summed E-state index contributed by atoms with van der Waals surface area (Å²) in [6.45, 7) is 2.22. The van der Waals surface area contributed by atoms with Gasteiger partial charge < -0.3 is 5.32 Å². The third-order valence-corrected chi connectivity index (χ3v) is 4.00. The number of hydrogen-bond acceptors (Lipinski definition) is 6. The van der Waals surface area contributed by atoms with Gasteiger partial charge in [-0.05, 0) is 24.0 Å². The number of amides is 1. The summed E-state index contributed by atoms with van der Waals surface area (Å²) in [6, 6.07) is 9.50. The van der Waals surface area contributed by atoms with Gasteiger partial charge in [-0.3, -0.25) is 4.79 Å². The number of rotatable bonds is 5. The summed E-state index contributed by atoms with van der Waals surface area (Å²) in [5.41, 5.74) is 1.62. The molecule has 1 atom stereocenters. The highest BCUT2D eigenvalue weighted by molar-refractivity contribution is 7.08. The molecule has 3 aromatic rings. The maximum absolute atomic E-state index is 12.4. The first-order chi connectivity index (χ1) is 10.7. The van der Waals surface area contributed by atoms with E-state index in [2.05, 4.69) is 25.1 Å². The Balaban J connectivity index is 1.82. The van der Waals surface area contributed by atoms with E-state index in [1.54, 1.807) is 24.1 Å². The molecule has 2 aromatic heterocycles. The molecule has 1 amide bonds. The number of carbonyl (C=O) groups excluding carboxylic acids is 1. The van der Waals surface area contributed by atoms with Gasteiger partial charge in [-0.25, -0.2) is 0 Å². The lowest BCUT2D eigenvalue weighted by Crippen LogP contribution is -2.32. The van der Waals surface area contributed by atoms with Gasteiger partial charge in [0.2, 0.25) is 0 Å². The van der Waals surface area contributed by atoms with E-state index >= 15 is 0 Å². The number of carbonyl (C=O) groups is 1. The molecule has 0 unspecified atom stereocenters. The van der Waals surface area contributed by atoms with Crippen molar-refractivity contribution in [3.05, 3.63) is 58.9 Å². The van der Waals surface area contributed by atoms with Crippen molar-refractivity contribution in [2.75, 3.05) is 0 Å². The summed E-state index contributed by atoms with van der Waals surface area (Å²) >= 11 is 1.09. The van der Waals surface area contributed by atoms with Crippen LogP contribution in [0.3, 0.4) is 0 Å². The minimum absolute atomic E-state index is 0.187. The summed E-state index contributed by atoms with van der Waals surface area (Å²) < 4.78 is 3.80. The smallest absolute Gasteiger partial charge is 0.265 e. The summed E-state index contributed by atoms with van der Waals surface area (Å²) in [7, 11) is 0. The molecular weight excluding hydrogens is 300 g/mol. The Morgan fingerprint density at radius 3 is 2.64 bits per heavy atom. The second kappa shape index (κ2) is 6.44. The Labute approximate surface area is 131 Å². The summed E-state index contributed by atoms with van der Waals surface area (Å²) in [5.74, 6) is -0.187. The molecule has 0 spiro atoms. The van der Waals surface area contributed by atoms with E-state index in [0.717, 1.165) is 17.1 Å². The molecule has 7 nitrogen and oxygen atoms in total. The van der Waals surface area contributed by atoms with Crippen LogP contribution in [0.4, 0.5) is 0 Å². The van der Waals surface area contributed by atoms with Crippen LogP contribution in [0.2, 0.25) is 0 Å². The molecule has 1 aromatic carbocycles. The van der Waals surface area contributed by atoms with Gasteiger partial charge >= 0.3 is 0 Å². The first-order valence-corrected chi connectivity index (χ1v) is 7.50. The second-order valence-electron chi connectivity index (χ2n) is 4.71. The normalized spacial score (nSPS) is 12.0. The Hall–Kier alpha value is -2.61. The summed E-state index contributed by atoms with van der Waals surface area (Å²) in [4.78, 5) is 14.5. The molecule has 22 heavy (non-hydrogen) atoms. The van der Waals surface area contributed by atoms with Crippen LogP contribution in [0.1, 0.15) is 27.0 Å². The SMILES string of the molecule is Cc1nnsc1C(=O)N[C@@H](Cn1nccn1)c1ccccc1. The van der Waals surface area contributed by atoms with Gasteiger partial charge in [0, 0.05) is 0 Å². The van der Waals surface area contributed by atoms with Crippen LogP contribution in [-0.2, 0) is 6.54 Å². The van der Waals surface area contributed by atoms with Crippen molar-refractivity contribution < 1.29 is 4.79 Å². The van der Waals surface area contributed by atoms with Gasteiger partial charge in [0.05, 0.1) is 30.7 Å². The topological polar surface area (TPSA) is 85.6 Å². The minimum Gasteiger partial charge on any atom is -0.342 e. The number of hydrogen-bond donors (Lipinski definition) is 1. The molecule has 0 saturated carbocycles. The molecule has 8 heteroatoms. The quantitative estimate of drug-likeness (QED) is 0.773. The van der Waals surface area contributed by atoms with E-state index < -0.39 is 0 Å². The van der Waals surface area contributed by atoms with Crippen molar-refractivity contribution in [1.82, 2.24) is 29.9 Å². The van der Waals surface area contributed by atoms with Crippen molar-refractivity contribution in [3.63, 3.8) is 0 Å². The van der Waals surface area contributed by atoms with Gasteiger partial charge in [-0.1, -0.05) is 34.8 Å². The molecule has 0 saturated heterocycles. The highest BCUT2D eigenvalue weighted by Gasteiger charge is 2.20. The lowest BCUT2D eigenvalue weighted by atomic mass is 10.1. The fraction of sp³-hybridized carbons (Fsp3) is 0.214. The van der Waals surface area contributed by atoms with E-state index in [1.165, 1.54) is 0 Å². The van der Waals surface area contributed by atoms with E-state index in [1.807, 2.05) is 30.3 Å². The maximum atomic E-state index is 12.4. The van der Waals surface area contributed by atoms with E-state index in [9.17, 15) is 4.79 Å². The highest BCUT2D eigenvalue weighted by atomic mass is 32.1. The van der Waals surface area contributed by atoms with Crippen LogP contribution in [0, 0.1) is 6.92 Å². The van der Waals surface area contributed by atoms with Crippen LogP contribution in [-0.4, -0.2) is 30.5 Å². The molecule has 2 heterocycles. The summed E-state index contributed by atoms with van der Waals surface area (Å²) in [5, 5.41) is 15.1.